The molecule has 0 saturated carbocycles. The minimum Gasteiger partial charge on any atom is -0.398 e. The predicted octanol–water partition coefficient (Wildman–Crippen LogP) is 2.28. The average molecular weight is 311 g/mol. The van der Waals surface area contributed by atoms with Crippen molar-refractivity contribution >= 4 is 33.5 Å². The van der Waals surface area contributed by atoms with Crippen LogP contribution in [0.15, 0.2) is 21.1 Å². The molecule has 0 aliphatic heterocycles. The number of aryl methyl sites for hydroxylation is 1. The predicted molar refractivity (Wildman–Crippen MR) is 70.3 cm³/mol. The highest BCUT2D eigenvalue weighted by Crippen LogP contribution is 2.23. The van der Waals surface area contributed by atoms with Crippen LogP contribution in [0.4, 0.5) is 11.7 Å². The van der Waals surface area contributed by atoms with E-state index in [-0.39, 0.29) is 11.9 Å². The zero-order chi connectivity index (χ0) is 13.3. The van der Waals surface area contributed by atoms with Gasteiger partial charge < -0.3 is 10.3 Å². The van der Waals surface area contributed by atoms with Crippen LogP contribution in [-0.2, 0) is 0 Å². The lowest BCUT2D eigenvalue weighted by molar-refractivity contribution is 0.102. The monoisotopic (exact) mass is 310 g/mol. The van der Waals surface area contributed by atoms with Crippen LogP contribution in [0.5, 0.6) is 0 Å². The summed E-state index contributed by atoms with van der Waals surface area (Å²) in [6, 6.07) is 3.49. The number of nitrogens with two attached hydrogens (primary N) is 1. The normalized spacial score (nSPS) is 10.4. The summed E-state index contributed by atoms with van der Waals surface area (Å²) in [6.45, 7) is 3.44. The van der Waals surface area contributed by atoms with Gasteiger partial charge in [0.25, 0.3) is 5.91 Å². The number of nitrogens with one attached hydrogen (secondary N) is 1. The zero-order valence-electron chi connectivity index (χ0n) is 9.82. The van der Waals surface area contributed by atoms with Gasteiger partial charge in [0.1, 0.15) is 0 Å². The summed E-state index contributed by atoms with van der Waals surface area (Å²) in [5.41, 5.74) is 7.49. The molecule has 0 unspecified atom stereocenters. The summed E-state index contributed by atoms with van der Waals surface area (Å²) in [5, 5.41) is 6.10. The first-order valence-electron chi connectivity index (χ1n) is 5.14. The fourth-order valence-corrected chi connectivity index (χ4v) is 1.92. The third-order valence-corrected chi connectivity index (χ3v) is 2.86. The van der Waals surface area contributed by atoms with Gasteiger partial charge in [-0.15, -0.1) is 0 Å². The quantitative estimate of drug-likeness (QED) is 0.830. The van der Waals surface area contributed by atoms with Crippen molar-refractivity contribution in [1.29, 1.82) is 0 Å². The van der Waals surface area contributed by atoms with Gasteiger partial charge in [0.15, 0.2) is 5.82 Å². The number of rotatable bonds is 2. The van der Waals surface area contributed by atoms with Crippen molar-refractivity contribution < 1.29 is 9.32 Å². The molecule has 2 rings (SSSR count). The number of anilines is 2. The van der Waals surface area contributed by atoms with E-state index in [0.29, 0.717) is 22.6 Å². The maximum Gasteiger partial charge on any atom is 0.328 e. The summed E-state index contributed by atoms with van der Waals surface area (Å²) < 4.78 is 5.55. The van der Waals surface area contributed by atoms with E-state index in [4.69, 9.17) is 10.3 Å². The van der Waals surface area contributed by atoms with Crippen molar-refractivity contribution in [2.24, 2.45) is 0 Å². The fourth-order valence-electron chi connectivity index (χ4n) is 1.45. The molecule has 1 aromatic carbocycles. The number of carbonyl (C=O) groups excluding carboxylic acids is 1. The van der Waals surface area contributed by atoms with Crippen LogP contribution >= 0.6 is 15.9 Å². The lowest BCUT2D eigenvalue weighted by Crippen LogP contribution is -2.14. The van der Waals surface area contributed by atoms with Gasteiger partial charge in [-0.05, 0) is 31.5 Å². The summed E-state index contributed by atoms with van der Waals surface area (Å²) in [4.78, 5) is 15.9. The van der Waals surface area contributed by atoms with Crippen molar-refractivity contribution in [2.75, 3.05) is 11.1 Å². The minimum absolute atomic E-state index is 0.0652. The SMILES string of the molecule is Cc1noc(NC(=O)c2cc(Br)cc(N)c2C)n1. The van der Waals surface area contributed by atoms with Crippen LogP contribution in [0.3, 0.4) is 0 Å². The van der Waals surface area contributed by atoms with Gasteiger partial charge in [-0.2, -0.15) is 4.98 Å². The van der Waals surface area contributed by atoms with Crippen LogP contribution in [0.25, 0.3) is 0 Å². The molecule has 7 heteroatoms. The third-order valence-electron chi connectivity index (χ3n) is 2.41. The second-order valence-corrected chi connectivity index (χ2v) is 4.68. The molecule has 18 heavy (non-hydrogen) atoms. The van der Waals surface area contributed by atoms with E-state index in [1.165, 1.54) is 0 Å². The minimum atomic E-state index is -0.343. The molecule has 3 N–H and O–H groups in total. The second-order valence-electron chi connectivity index (χ2n) is 3.77. The number of nitrogens with zero attached hydrogens (tertiary/aromatic N) is 2. The van der Waals surface area contributed by atoms with E-state index in [2.05, 4.69) is 31.4 Å². The van der Waals surface area contributed by atoms with Crippen molar-refractivity contribution in [3.63, 3.8) is 0 Å². The summed E-state index contributed by atoms with van der Waals surface area (Å²) in [6.07, 6.45) is 0. The molecule has 2 aromatic rings. The van der Waals surface area contributed by atoms with Gasteiger partial charge in [-0.3, -0.25) is 10.1 Å². The highest BCUT2D eigenvalue weighted by Gasteiger charge is 2.15. The summed E-state index contributed by atoms with van der Waals surface area (Å²) in [5.74, 6) is 0.111. The number of nitrogen functional groups attached to an aromatic ring is 1. The Morgan fingerprint density at radius 2 is 2.17 bits per heavy atom. The molecule has 0 bridgehead atoms. The van der Waals surface area contributed by atoms with Crippen molar-refractivity contribution in [1.82, 2.24) is 10.1 Å². The number of amides is 1. The maximum atomic E-state index is 12.0. The molecule has 0 spiro atoms. The molecule has 6 nitrogen and oxygen atoms in total. The van der Waals surface area contributed by atoms with Crippen LogP contribution in [0.2, 0.25) is 0 Å². The number of hydrogen-bond donors (Lipinski definition) is 2. The Bertz CT molecular complexity index is 609. The molecule has 1 heterocycles. The van der Waals surface area contributed by atoms with E-state index < -0.39 is 0 Å². The number of halogens is 1. The van der Waals surface area contributed by atoms with Gasteiger partial charge in [-0.1, -0.05) is 21.1 Å². The molecule has 0 aliphatic carbocycles. The Morgan fingerprint density at radius 1 is 1.44 bits per heavy atom. The van der Waals surface area contributed by atoms with Crippen LogP contribution < -0.4 is 11.1 Å². The number of hydrogen-bond acceptors (Lipinski definition) is 5. The Morgan fingerprint density at radius 3 is 2.78 bits per heavy atom. The fraction of sp³-hybridized carbons (Fsp3) is 0.182. The van der Waals surface area contributed by atoms with E-state index >= 15 is 0 Å². The molecular weight excluding hydrogens is 300 g/mol. The van der Waals surface area contributed by atoms with Crippen molar-refractivity contribution in [2.45, 2.75) is 13.8 Å². The molecular formula is C11H11BrN4O2. The van der Waals surface area contributed by atoms with E-state index in [9.17, 15) is 4.79 Å². The van der Waals surface area contributed by atoms with Gasteiger partial charge in [0.2, 0.25) is 0 Å². The highest BCUT2D eigenvalue weighted by atomic mass is 79.9. The van der Waals surface area contributed by atoms with E-state index in [1.807, 2.05) is 0 Å². The topological polar surface area (TPSA) is 94.0 Å². The maximum absolute atomic E-state index is 12.0. The molecule has 0 fully saturated rings. The van der Waals surface area contributed by atoms with Gasteiger partial charge >= 0.3 is 6.01 Å². The van der Waals surface area contributed by atoms with Crippen molar-refractivity contribution in [3.8, 4) is 0 Å². The standard InChI is InChI=1S/C11H11BrN4O2/c1-5-8(3-7(12)4-9(5)13)10(17)15-11-14-6(2)16-18-11/h3-4H,13H2,1-2H3,(H,14,15,16,17). The number of benzene rings is 1. The smallest absolute Gasteiger partial charge is 0.328 e. The molecule has 1 aromatic heterocycles. The Hall–Kier alpha value is -1.89. The Balaban J connectivity index is 2.29. The lowest BCUT2D eigenvalue weighted by atomic mass is 10.1. The van der Waals surface area contributed by atoms with Gasteiger partial charge in [0.05, 0.1) is 0 Å². The lowest BCUT2D eigenvalue weighted by Gasteiger charge is -2.08. The van der Waals surface area contributed by atoms with E-state index in [1.54, 1.807) is 26.0 Å². The summed E-state index contributed by atoms with van der Waals surface area (Å²) >= 11 is 3.29. The van der Waals surface area contributed by atoms with Crippen molar-refractivity contribution in [3.05, 3.63) is 33.6 Å². The van der Waals surface area contributed by atoms with E-state index in [0.717, 1.165) is 4.47 Å². The number of carbonyl (C=O) groups is 1. The average Bonchev–Trinajstić information content (AvgIpc) is 2.69. The van der Waals surface area contributed by atoms with Crippen LogP contribution in [0, 0.1) is 13.8 Å². The highest BCUT2D eigenvalue weighted by molar-refractivity contribution is 9.10. The molecule has 0 atom stereocenters. The van der Waals surface area contributed by atoms with Gasteiger partial charge in [0, 0.05) is 15.7 Å². The summed E-state index contributed by atoms with van der Waals surface area (Å²) in [7, 11) is 0. The zero-order valence-corrected chi connectivity index (χ0v) is 11.4. The first kappa shape index (κ1) is 12.6. The molecule has 0 saturated heterocycles. The molecule has 1 amide bonds. The Labute approximate surface area is 112 Å². The second kappa shape index (κ2) is 4.77. The van der Waals surface area contributed by atoms with Gasteiger partial charge in [-0.25, -0.2) is 0 Å². The molecule has 94 valence electrons. The number of aromatic nitrogens is 2. The molecule has 0 aliphatic rings. The molecule has 0 radical (unpaired) electrons. The van der Waals surface area contributed by atoms with Crippen LogP contribution in [-0.4, -0.2) is 16.0 Å². The Kier molecular flexibility index (Phi) is 3.33. The van der Waals surface area contributed by atoms with Crippen LogP contribution in [0.1, 0.15) is 21.7 Å². The first-order chi connectivity index (χ1) is 8.47. The third kappa shape index (κ3) is 2.51. The largest absolute Gasteiger partial charge is 0.398 e. The first-order valence-corrected chi connectivity index (χ1v) is 5.94.